The molecule has 3 saturated heterocycles. The van der Waals surface area contributed by atoms with Gasteiger partial charge in [-0.05, 0) is 53.0 Å². The minimum absolute atomic E-state index is 0.140. The Bertz CT molecular complexity index is 725. The molecule has 2 atom stereocenters. The summed E-state index contributed by atoms with van der Waals surface area (Å²) >= 11 is 0. The summed E-state index contributed by atoms with van der Waals surface area (Å²) in [6.07, 6.45) is 3.19. The highest BCUT2D eigenvalue weighted by Gasteiger charge is 2.63. The number of hydrogen-bond donors (Lipinski definition) is 1. The molecule has 0 bridgehead atoms. The molecule has 1 amide bonds. The number of nitrogens with zero attached hydrogens (tertiary/aromatic N) is 1. The normalized spacial score (nSPS) is 32.7. The Kier molecular flexibility index (Phi) is 4.64. The SMILES string of the molecule is CC1(C)CC2(CC(C)(C)N1)OC(C)(CCc1ccccc1)N(CC1CO1)C2=O. The van der Waals surface area contributed by atoms with Crippen LogP contribution in [0.2, 0.25) is 0 Å². The largest absolute Gasteiger partial charge is 0.371 e. The number of aryl methyl sites for hydroxylation is 1. The molecule has 1 aromatic rings. The van der Waals surface area contributed by atoms with Crippen LogP contribution in [0.1, 0.15) is 59.4 Å². The molecule has 2 unspecified atom stereocenters. The standard InChI is InChI=1S/C23H34N2O3/c1-20(2)15-23(16-21(3,4)24-20)19(26)25(13-18-14-27-18)22(5,28-23)12-11-17-9-7-6-8-10-17/h6-10,18,24H,11-16H2,1-5H3. The molecule has 0 aliphatic carbocycles. The number of nitrogens with one attached hydrogen (secondary N) is 1. The van der Waals surface area contributed by atoms with Crippen molar-refractivity contribution in [1.82, 2.24) is 10.2 Å². The lowest BCUT2D eigenvalue weighted by molar-refractivity contribution is -0.165. The van der Waals surface area contributed by atoms with Crippen molar-refractivity contribution in [2.24, 2.45) is 0 Å². The Hall–Kier alpha value is -1.43. The summed E-state index contributed by atoms with van der Waals surface area (Å²) in [6, 6.07) is 10.4. The Morgan fingerprint density at radius 1 is 1.07 bits per heavy atom. The number of hydrogen-bond acceptors (Lipinski definition) is 4. The van der Waals surface area contributed by atoms with Crippen molar-refractivity contribution in [3.05, 3.63) is 35.9 Å². The summed E-state index contributed by atoms with van der Waals surface area (Å²) in [6.45, 7) is 12.1. The van der Waals surface area contributed by atoms with Crippen LogP contribution in [0, 0.1) is 0 Å². The van der Waals surface area contributed by atoms with Crippen LogP contribution in [0.3, 0.4) is 0 Å². The summed E-state index contributed by atoms with van der Waals surface area (Å²) in [7, 11) is 0. The summed E-state index contributed by atoms with van der Waals surface area (Å²) in [4.78, 5) is 15.7. The predicted octanol–water partition coefficient (Wildman–Crippen LogP) is 3.27. The van der Waals surface area contributed by atoms with Gasteiger partial charge in [0.15, 0.2) is 5.60 Å². The molecular formula is C23H34N2O3. The zero-order chi connectivity index (χ0) is 20.2. The maximum atomic E-state index is 13.8. The van der Waals surface area contributed by atoms with E-state index < -0.39 is 11.3 Å². The first-order valence-electron chi connectivity index (χ1n) is 10.5. The molecule has 5 nitrogen and oxygen atoms in total. The van der Waals surface area contributed by atoms with E-state index in [0.717, 1.165) is 19.4 Å². The highest BCUT2D eigenvalue weighted by molar-refractivity contribution is 5.88. The molecule has 3 aliphatic rings. The van der Waals surface area contributed by atoms with Crippen LogP contribution >= 0.6 is 0 Å². The van der Waals surface area contributed by atoms with E-state index in [2.05, 4.69) is 64.2 Å². The smallest absolute Gasteiger partial charge is 0.257 e. The van der Waals surface area contributed by atoms with Crippen LogP contribution in [0.4, 0.5) is 0 Å². The fourth-order valence-electron chi connectivity index (χ4n) is 5.56. The maximum absolute atomic E-state index is 13.8. The van der Waals surface area contributed by atoms with Gasteiger partial charge in [-0.3, -0.25) is 4.79 Å². The van der Waals surface area contributed by atoms with Gasteiger partial charge in [-0.1, -0.05) is 30.3 Å². The number of benzene rings is 1. The molecule has 0 radical (unpaired) electrons. The summed E-state index contributed by atoms with van der Waals surface area (Å²) in [5.74, 6) is 0.140. The average Bonchev–Trinajstić information content (AvgIpc) is 3.36. The van der Waals surface area contributed by atoms with Crippen molar-refractivity contribution < 1.29 is 14.3 Å². The molecule has 3 aliphatic heterocycles. The van der Waals surface area contributed by atoms with Crippen molar-refractivity contribution in [1.29, 1.82) is 0 Å². The van der Waals surface area contributed by atoms with Gasteiger partial charge in [-0.15, -0.1) is 0 Å². The first-order valence-corrected chi connectivity index (χ1v) is 10.5. The van der Waals surface area contributed by atoms with E-state index in [0.29, 0.717) is 19.4 Å². The first kappa shape index (κ1) is 19.9. The molecule has 154 valence electrons. The van der Waals surface area contributed by atoms with E-state index in [4.69, 9.17) is 9.47 Å². The predicted molar refractivity (Wildman–Crippen MR) is 109 cm³/mol. The van der Waals surface area contributed by atoms with Gasteiger partial charge in [-0.25, -0.2) is 0 Å². The fourth-order valence-corrected chi connectivity index (χ4v) is 5.56. The number of carbonyl (C=O) groups is 1. The monoisotopic (exact) mass is 386 g/mol. The van der Waals surface area contributed by atoms with E-state index in [1.807, 2.05) is 11.0 Å². The van der Waals surface area contributed by atoms with E-state index in [1.165, 1.54) is 5.56 Å². The van der Waals surface area contributed by atoms with Crippen LogP contribution in [-0.2, 0) is 20.7 Å². The molecule has 28 heavy (non-hydrogen) atoms. The Balaban J connectivity index is 1.62. The number of piperidine rings is 1. The molecule has 5 heteroatoms. The molecule has 1 spiro atoms. The van der Waals surface area contributed by atoms with Gasteiger partial charge in [0, 0.05) is 23.9 Å². The number of amides is 1. The quantitative estimate of drug-likeness (QED) is 0.789. The lowest BCUT2D eigenvalue weighted by Gasteiger charge is -2.50. The number of epoxide rings is 1. The van der Waals surface area contributed by atoms with Gasteiger partial charge in [0.1, 0.15) is 5.72 Å². The van der Waals surface area contributed by atoms with Crippen LogP contribution in [0.15, 0.2) is 30.3 Å². The van der Waals surface area contributed by atoms with Crippen molar-refractivity contribution in [3.8, 4) is 0 Å². The van der Waals surface area contributed by atoms with Crippen LogP contribution in [-0.4, -0.2) is 52.5 Å². The van der Waals surface area contributed by atoms with Gasteiger partial charge in [0.2, 0.25) is 0 Å². The minimum atomic E-state index is -0.765. The fraction of sp³-hybridized carbons (Fsp3) is 0.696. The van der Waals surface area contributed by atoms with Crippen molar-refractivity contribution in [2.75, 3.05) is 13.2 Å². The van der Waals surface area contributed by atoms with Crippen molar-refractivity contribution in [3.63, 3.8) is 0 Å². The average molecular weight is 387 g/mol. The molecule has 1 N–H and O–H groups in total. The number of ether oxygens (including phenoxy) is 2. The molecule has 3 fully saturated rings. The van der Waals surface area contributed by atoms with Gasteiger partial charge in [0.25, 0.3) is 5.91 Å². The van der Waals surface area contributed by atoms with Crippen molar-refractivity contribution in [2.45, 2.75) is 88.8 Å². The third kappa shape index (κ3) is 3.85. The third-order valence-corrected chi connectivity index (χ3v) is 6.26. The number of rotatable bonds is 5. The maximum Gasteiger partial charge on any atom is 0.257 e. The lowest BCUT2D eigenvalue weighted by atomic mass is 9.72. The zero-order valence-corrected chi connectivity index (χ0v) is 17.9. The zero-order valence-electron chi connectivity index (χ0n) is 17.9. The molecule has 3 heterocycles. The molecule has 4 rings (SSSR count). The first-order chi connectivity index (χ1) is 13.0. The highest BCUT2D eigenvalue weighted by atomic mass is 16.6. The highest BCUT2D eigenvalue weighted by Crippen LogP contribution is 2.49. The van der Waals surface area contributed by atoms with E-state index in [-0.39, 0.29) is 23.1 Å². The number of carbonyl (C=O) groups excluding carboxylic acids is 1. The van der Waals surface area contributed by atoms with Crippen LogP contribution < -0.4 is 5.32 Å². The minimum Gasteiger partial charge on any atom is -0.371 e. The van der Waals surface area contributed by atoms with Crippen LogP contribution in [0.25, 0.3) is 0 Å². The van der Waals surface area contributed by atoms with Gasteiger partial charge < -0.3 is 19.7 Å². The topological polar surface area (TPSA) is 54.1 Å². The molecule has 0 saturated carbocycles. The second-order valence-corrected chi connectivity index (χ2v) is 10.4. The van der Waals surface area contributed by atoms with Gasteiger partial charge in [0.05, 0.1) is 19.3 Å². The van der Waals surface area contributed by atoms with E-state index >= 15 is 0 Å². The Morgan fingerprint density at radius 3 is 2.25 bits per heavy atom. The van der Waals surface area contributed by atoms with Crippen molar-refractivity contribution >= 4 is 5.91 Å². The second kappa shape index (κ2) is 6.54. The summed E-state index contributed by atoms with van der Waals surface area (Å²) in [5, 5.41) is 3.68. The third-order valence-electron chi connectivity index (χ3n) is 6.26. The molecule has 0 aromatic heterocycles. The molecule has 1 aromatic carbocycles. The van der Waals surface area contributed by atoms with Crippen LogP contribution in [0.5, 0.6) is 0 Å². The summed E-state index contributed by atoms with van der Waals surface area (Å²) in [5.41, 5.74) is -0.427. The van der Waals surface area contributed by atoms with E-state index in [1.54, 1.807) is 0 Å². The van der Waals surface area contributed by atoms with Gasteiger partial charge >= 0.3 is 0 Å². The van der Waals surface area contributed by atoms with E-state index in [9.17, 15) is 4.79 Å². The molecular weight excluding hydrogens is 352 g/mol. The Labute approximate surface area is 168 Å². The second-order valence-electron chi connectivity index (χ2n) is 10.4. The summed E-state index contributed by atoms with van der Waals surface area (Å²) < 4.78 is 12.3. The van der Waals surface area contributed by atoms with Gasteiger partial charge in [-0.2, -0.15) is 0 Å². The Morgan fingerprint density at radius 2 is 1.68 bits per heavy atom. The lowest BCUT2D eigenvalue weighted by Crippen LogP contribution is -2.65.